The van der Waals surface area contributed by atoms with Crippen LogP contribution in [0.3, 0.4) is 0 Å². The van der Waals surface area contributed by atoms with E-state index in [0.29, 0.717) is 0 Å². The van der Waals surface area contributed by atoms with Gasteiger partial charge in [0.2, 0.25) is 0 Å². The van der Waals surface area contributed by atoms with Crippen LogP contribution >= 0.6 is 0 Å². The number of anilines is 4. The highest BCUT2D eigenvalue weighted by Crippen LogP contribution is 2.59. The number of aromatic nitrogens is 1. The Morgan fingerprint density at radius 3 is 1.76 bits per heavy atom. The first kappa shape index (κ1) is 28.4. The topological polar surface area (TPSA) is 10.4 Å². The Bertz CT molecular complexity index is 2020. The van der Waals surface area contributed by atoms with Gasteiger partial charge in [-0.2, -0.15) is 0 Å². The largest absolute Gasteiger partial charge is 0.403 e. The fraction of sp³-hybridized carbons (Fsp3) is 0.167. The molecular weight excluding hydrogens is 557 g/mol. The van der Waals surface area contributed by atoms with Crippen LogP contribution in [0.2, 0.25) is 0 Å². The summed E-state index contributed by atoms with van der Waals surface area (Å²) in [5.41, 5.74) is 15.4. The molecule has 3 heterocycles. The van der Waals surface area contributed by atoms with Gasteiger partial charge < -0.3 is 9.62 Å². The first-order chi connectivity index (χ1) is 22.3. The van der Waals surface area contributed by atoms with Crippen LogP contribution in [0.1, 0.15) is 49.0 Å². The molecular formula is C42H39BN3+. The van der Waals surface area contributed by atoms with Gasteiger partial charge in [0.25, 0.3) is 0 Å². The van der Waals surface area contributed by atoms with E-state index < -0.39 is 0 Å². The van der Waals surface area contributed by atoms with Gasteiger partial charge in [-0.3, -0.25) is 0 Å². The molecule has 8 rings (SSSR count). The van der Waals surface area contributed by atoms with Gasteiger partial charge in [-0.1, -0.05) is 124 Å². The third-order valence-corrected chi connectivity index (χ3v) is 9.92. The highest BCUT2D eigenvalue weighted by atomic mass is 15.3. The maximum absolute atomic E-state index is 2.66. The molecule has 0 radical (unpaired) electrons. The molecule has 0 saturated carbocycles. The Kier molecular flexibility index (Phi) is 6.65. The van der Waals surface area contributed by atoms with Gasteiger partial charge in [-0.05, 0) is 58.4 Å². The number of hydrogen-bond donors (Lipinski definition) is 0. The lowest BCUT2D eigenvalue weighted by atomic mass is 9.57. The van der Waals surface area contributed by atoms with E-state index >= 15 is 0 Å². The number of fused-ring (bicyclic) bond motifs is 5. The highest BCUT2D eigenvalue weighted by Gasteiger charge is 2.57. The molecule has 5 aromatic carbocycles. The van der Waals surface area contributed by atoms with E-state index in [1.807, 2.05) is 0 Å². The van der Waals surface area contributed by atoms with Crippen molar-refractivity contribution in [1.29, 1.82) is 0 Å². The smallest absolute Gasteiger partial charge is 0.363 e. The van der Waals surface area contributed by atoms with Crippen LogP contribution in [0.15, 0.2) is 140 Å². The fourth-order valence-corrected chi connectivity index (χ4v) is 7.69. The van der Waals surface area contributed by atoms with E-state index in [1.54, 1.807) is 0 Å². The predicted molar refractivity (Wildman–Crippen MR) is 193 cm³/mol. The van der Waals surface area contributed by atoms with E-state index in [9.17, 15) is 0 Å². The zero-order valence-corrected chi connectivity index (χ0v) is 27.3. The van der Waals surface area contributed by atoms with Crippen molar-refractivity contribution in [3.63, 3.8) is 0 Å². The molecule has 0 spiro atoms. The van der Waals surface area contributed by atoms with Crippen LogP contribution in [-0.2, 0) is 12.5 Å². The summed E-state index contributed by atoms with van der Waals surface area (Å²) in [6, 6.07) is 49.1. The van der Waals surface area contributed by atoms with E-state index in [2.05, 4.69) is 189 Å². The van der Waals surface area contributed by atoms with Crippen LogP contribution < -0.4 is 14.2 Å². The second-order valence-electron chi connectivity index (χ2n) is 13.8. The Hall–Kier alpha value is -5.09. The van der Waals surface area contributed by atoms with Crippen molar-refractivity contribution < 1.29 is 4.57 Å². The standard InChI is InChI=1S/C42H39BN3/c1-29-16-14-25-37-39(29)40(38-28-32(42(2,3)4)26-27-44(38)5)43-45(37)35-23-12-13-24-36(35)46(43)41-33(30-17-8-6-9-18-30)21-15-22-34(41)31-19-10-7-11-20-31/h6-28,40H,1-5H3/q+1. The first-order valence-corrected chi connectivity index (χ1v) is 16.3. The lowest BCUT2D eigenvalue weighted by Gasteiger charge is -2.32. The molecule has 1 atom stereocenters. The fourth-order valence-electron chi connectivity index (χ4n) is 7.69. The van der Waals surface area contributed by atoms with E-state index in [-0.39, 0.29) is 18.2 Å². The number of nitrogens with zero attached hydrogens (tertiary/aromatic N) is 3. The summed E-state index contributed by atoms with van der Waals surface area (Å²) in [7, 11) is 2.21. The van der Waals surface area contributed by atoms with Gasteiger partial charge in [0, 0.05) is 34.6 Å². The Labute approximate surface area is 273 Å². The second-order valence-corrected chi connectivity index (χ2v) is 13.8. The average Bonchev–Trinajstić information content (AvgIpc) is 3.58. The minimum Gasteiger partial charge on any atom is -0.363 e. The molecule has 2 aliphatic rings. The van der Waals surface area contributed by atoms with Crippen molar-refractivity contribution >= 4 is 29.7 Å². The maximum Gasteiger partial charge on any atom is 0.403 e. The van der Waals surface area contributed by atoms with Crippen molar-refractivity contribution in [1.82, 2.24) is 0 Å². The van der Waals surface area contributed by atoms with Crippen molar-refractivity contribution in [2.45, 2.75) is 38.9 Å². The molecule has 6 aromatic rings. The molecule has 224 valence electrons. The summed E-state index contributed by atoms with van der Waals surface area (Å²) in [5.74, 6) is 0.100. The Morgan fingerprint density at radius 1 is 0.609 bits per heavy atom. The molecule has 3 nitrogen and oxygen atoms in total. The van der Waals surface area contributed by atoms with Crippen molar-refractivity contribution in [2.24, 2.45) is 7.05 Å². The van der Waals surface area contributed by atoms with Gasteiger partial charge in [0.15, 0.2) is 11.9 Å². The summed E-state index contributed by atoms with van der Waals surface area (Å²) in [6.45, 7) is 9.22. The maximum atomic E-state index is 2.66. The van der Waals surface area contributed by atoms with Crippen molar-refractivity contribution in [3.05, 3.63) is 162 Å². The summed E-state index contributed by atoms with van der Waals surface area (Å²) in [5, 5.41) is 0. The normalized spacial score (nSPS) is 15.2. The molecule has 2 aliphatic heterocycles. The molecule has 0 fully saturated rings. The van der Waals surface area contributed by atoms with Gasteiger partial charge >= 0.3 is 6.98 Å². The number of benzene rings is 5. The Morgan fingerprint density at radius 2 is 1.15 bits per heavy atom. The zero-order valence-electron chi connectivity index (χ0n) is 27.3. The predicted octanol–water partition coefficient (Wildman–Crippen LogP) is 9.91. The van der Waals surface area contributed by atoms with Gasteiger partial charge in [0.1, 0.15) is 7.05 Å². The van der Waals surface area contributed by atoms with Crippen molar-refractivity contribution in [2.75, 3.05) is 9.62 Å². The third kappa shape index (κ3) is 4.39. The van der Waals surface area contributed by atoms with Crippen LogP contribution in [0.4, 0.5) is 22.7 Å². The number of rotatable bonds is 4. The van der Waals surface area contributed by atoms with Gasteiger partial charge in [-0.25, -0.2) is 4.57 Å². The molecule has 1 unspecified atom stereocenters. The van der Waals surface area contributed by atoms with Crippen LogP contribution in [0, 0.1) is 6.92 Å². The highest BCUT2D eigenvalue weighted by molar-refractivity contribution is 6.77. The molecule has 0 amide bonds. The average molecular weight is 597 g/mol. The van der Waals surface area contributed by atoms with Gasteiger partial charge in [0.05, 0.1) is 17.2 Å². The summed E-state index contributed by atoms with van der Waals surface area (Å²) in [6.07, 6.45) is 2.26. The van der Waals surface area contributed by atoms with Crippen LogP contribution in [-0.4, -0.2) is 6.98 Å². The summed E-state index contributed by atoms with van der Waals surface area (Å²) in [4.78, 5) is 5.27. The summed E-state index contributed by atoms with van der Waals surface area (Å²) >= 11 is 0. The molecule has 0 saturated heterocycles. The SMILES string of the molecule is Cc1cccc2c1C(c1cc(C(C)(C)C)cc[n+]1C)B1N2c2ccccc2N1c1c(-c2ccccc2)cccc1-c1ccccc1. The third-order valence-electron chi connectivity index (χ3n) is 9.92. The van der Waals surface area contributed by atoms with Gasteiger partial charge in [-0.15, -0.1) is 0 Å². The van der Waals surface area contributed by atoms with Crippen LogP contribution in [0.5, 0.6) is 0 Å². The number of aryl methyl sites for hydroxylation is 2. The lowest BCUT2D eigenvalue weighted by molar-refractivity contribution is -0.679. The molecule has 1 aromatic heterocycles. The van der Waals surface area contributed by atoms with Crippen molar-refractivity contribution in [3.8, 4) is 22.3 Å². The molecule has 0 bridgehead atoms. The second kappa shape index (κ2) is 10.8. The quantitative estimate of drug-likeness (QED) is 0.148. The molecule has 0 N–H and O–H groups in total. The number of pyridine rings is 1. The molecule has 46 heavy (non-hydrogen) atoms. The summed E-state index contributed by atoms with van der Waals surface area (Å²) < 4.78 is 2.35. The van der Waals surface area contributed by atoms with Crippen LogP contribution in [0.25, 0.3) is 22.3 Å². The number of para-hydroxylation sites is 3. The van der Waals surface area contributed by atoms with E-state index in [4.69, 9.17) is 0 Å². The zero-order chi connectivity index (χ0) is 31.6. The number of hydrogen-bond acceptors (Lipinski definition) is 2. The minimum absolute atomic E-state index is 0.00208. The minimum atomic E-state index is 0.00208. The van der Waals surface area contributed by atoms with E-state index in [0.717, 1.165) is 0 Å². The van der Waals surface area contributed by atoms with E-state index in [1.165, 1.54) is 67.4 Å². The Balaban J connectivity index is 1.47. The monoisotopic (exact) mass is 596 g/mol. The first-order valence-electron chi connectivity index (χ1n) is 16.3. The lowest BCUT2D eigenvalue weighted by Crippen LogP contribution is -2.49. The molecule has 0 aliphatic carbocycles. The molecule has 4 heteroatoms.